The third-order valence-electron chi connectivity index (χ3n) is 7.51. The van der Waals surface area contributed by atoms with Gasteiger partial charge < -0.3 is 14.9 Å². The van der Waals surface area contributed by atoms with Crippen molar-refractivity contribution in [2.24, 2.45) is 5.92 Å². The molecule has 2 heterocycles. The van der Waals surface area contributed by atoms with Crippen LogP contribution in [0.4, 0.5) is 10.2 Å². The van der Waals surface area contributed by atoms with Crippen LogP contribution in [-0.2, 0) is 17.8 Å². The quantitative estimate of drug-likeness (QED) is 0.522. The minimum Gasteiger partial charge on any atom is -0.391 e. The van der Waals surface area contributed by atoms with E-state index in [9.17, 15) is 14.3 Å². The Hall–Kier alpha value is -2.99. The molecule has 5 nitrogen and oxygen atoms in total. The zero-order valence-electron chi connectivity index (χ0n) is 20.4. The number of pyridine rings is 1. The maximum Gasteiger partial charge on any atom is 0.225 e. The van der Waals surface area contributed by atoms with Gasteiger partial charge in [-0.05, 0) is 68.4 Å². The molecule has 3 aromatic rings. The predicted octanol–water partition coefficient (Wildman–Crippen LogP) is 5.01. The molecule has 184 valence electrons. The Bertz CT molecular complexity index is 1190. The summed E-state index contributed by atoms with van der Waals surface area (Å²) >= 11 is 0. The number of β-amino-alcohol motifs (C(OH)–C–C–N with tert-alkyl or cyclic N) is 1. The molecule has 1 atom stereocenters. The van der Waals surface area contributed by atoms with Crippen molar-refractivity contribution in [1.82, 2.24) is 9.88 Å². The number of fused-ring (bicyclic) bond motifs is 1. The highest BCUT2D eigenvalue weighted by Crippen LogP contribution is 2.32. The van der Waals surface area contributed by atoms with Crippen molar-refractivity contribution in [2.45, 2.75) is 58.1 Å². The lowest BCUT2D eigenvalue weighted by atomic mass is 9.84. The number of nitrogens with zero attached hydrogens (tertiary/aromatic N) is 3. The first-order chi connectivity index (χ1) is 17.0. The van der Waals surface area contributed by atoms with Crippen molar-refractivity contribution in [3.05, 3.63) is 71.0 Å². The molecule has 1 saturated carbocycles. The van der Waals surface area contributed by atoms with Gasteiger partial charge in [-0.15, -0.1) is 0 Å². The normalized spacial score (nSPS) is 18.5. The number of piperidine rings is 1. The van der Waals surface area contributed by atoms with Crippen LogP contribution in [0.1, 0.15) is 48.8 Å². The Morgan fingerprint density at radius 2 is 1.94 bits per heavy atom. The molecule has 35 heavy (non-hydrogen) atoms. The van der Waals surface area contributed by atoms with Gasteiger partial charge in [0.2, 0.25) is 5.91 Å². The zero-order valence-corrected chi connectivity index (χ0v) is 20.4. The van der Waals surface area contributed by atoms with Gasteiger partial charge in [0.05, 0.1) is 11.6 Å². The van der Waals surface area contributed by atoms with Gasteiger partial charge >= 0.3 is 0 Å². The molecular formula is C29H34FN3O2. The number of carbonyl (C=O) groups excluding carboxylic acids is 1. The van der Waals surface area contributed by atoms with Crippen molar-refractivity contribution < 1.29 is 14.3 Å². The van der Waals surface area contributed by atoms with Gasteiger partial charge in [0.1, 0.15) is 11.6 Å². The van der Waals surface area contributed by atoms with E-state index in [1.165, 1.54) is 12.1 Å². The number of amides is 1. The van der Waals surface area contributed by atoms with Gasteiger partial charge in [-0.1, -0.05) is 36.8 Å². The topological polar surface area (TPSA) is 56.7 Å². The number of anilines is 1. The molecule has 1 amide bonds. The van der Waals surface area contributed by atoms with Crippen LogP contribution in [0.2, 0.25) is 0 Å². The number of carbonyl (C=O) groups is 1. The number of aliphatic hydroxyl groups is 1. The summed E-state index contributed by atoms with van der Waals surface area (Å²) in [6.45, 7) is 4.54. The Balaban J connectivity index is 1.47. The number of benzene rings is 2. The maximum absolute atomic E-state index is 13.5. The molecule has 1 aliphatic carbocycles. The largest absolute Gasteiger partial charge is 0.391 e. The van der Waals surface area contributed by atoms with Crippen molar-refractivity contribution in [3.8, 4) is 0 Å². The number of aliphatic hydroxyl groups excluding tert-OH is 1. The SMILES string of the molecule is Cc1cccc2cc(CN(CCc3ccc(F)cc3)C(=O)C3CCC3)c(N3CCC[C@H](O)C3)nc12. The van der Waals surface area contributed by atoms with E-state index in [1.54, 1.807) is 12.1 Å². The summed E-state index contributed by atoms with van der Waals surface area (Å²) in [4.78, 5) is 22.7. The number of aryl methyl sites for hydroxylation is 1. The van der Waals surface area contributed by atoms with Gasteiger partial charge in [-0.3, -0.25) is 4.79 Å². The molecule has 1 aliphatic heterocycles. The minimum absolute atomic E-state index is 0.0964. The van der Waals surface area contributed by atoms with Crippen LogP contribution in [-0.4, -0.2) is 46.6 Å². The van der Waals surface area contributed by atoms with E-state index in [-0.39, 0.29) is 23.7 Å². The summed E-state index contributed by atoms with van der Waals surface area (Å²) in [6, 6.07) is 14.9. The van der Waals surface area contributed by atoms with E-state index in [1.807, 2.05) is 11.0 Å². The molecule has 0 radical (unpaired) electrons. The fourth-order valence-corrected chi connectivity index (χ4v) is 5.22. The Morgan fingerprint density at radius 3 is 2.66 bits per heavy atom. The molecular weight excluding hydrogens is 441 g/mol. The van der Waals surface area contributed by atoms with Crippen LogP contribution in [0, 0.1) is 18.7 Å². The molecule has 2 fully saturated rings. The molecule has 0 unspecified atom stereocenters. The zero-order chi connectivity index (χ0) is 24.4. The van der Waals surface area contributed by atoms with Crippen LogP contribution in [0.5, 0.6) is 0 Å². The summed E-state index contributed by atoms with van der Waals surface area (Å²) < 4.78 is 13.4. The Labute approximate surface area is 206 Å². The summed E-state index contributed by atoms with van der Waals surface area (Å²) in [5.41, 5.74) is 4.12. The smallest absolute Gasteiger partial charge is 0.225 e. The molecule has 1 N–H and O–H groups in total. The summed E-state index contributed by atoms with van der Waals surface area (Å²) in [5.74, 6) is 0.923. The standard InChI is InChI=1S/C29H34FN3O2/c1-20-5-2-8-23-17-24(28(31-27(20)23)32-15-4-9-26(34)19-32)18-33(29(35)22-6-3-7-22)16-14-21-10-12-25(30)13-11-21/h2,5,8,10-13,17,22,26,34H,3-4,6-7,9,14-16,18-19H2,1H3/t26-/m0/s1. The van der Waals surface area contributed by atoms with Crippen molar-refractivity contribution in [2.75, 3.05) is 24.5 Å². The predicted molar refractivity (Wildman–Crippen MR) is 137 cm³/mol. The average Bonchev–Trinajstić information content (AvgIpc) is 2.81. The van der Waals surface area contributed by atoms with Crippen molar-refractivity contribution >= 4 is 22.6 Å². The Morgan fingerprint density at radius 1 is 1.14 bits per heavy atom. The van der Waals surface area contributed by atoms with Crippen molar-refractivity contribution in [3.63, 3.8) is 0 Å². The Kier molecular flexibility index (Phi) is 7.00. The van der Waals surface area contributed by atoms with E-state index in [2.05, 4.69) is 30.0 Å². The van der Waals surface area contributed by atoms with Gasteiger partial charge in [0, 0.05) is 43.0 Å². The van der Waals surface area contributed by atoms with E-state index < -0.39 is 0 Å². The van der Waals surface area contributed by atoms with Crippen LogP contribution in [0.3, 0.4) is 0 Å². The molecule has 0 spiro atoms. The number of halogens is 1. The van der Waals surface area contributed by atoms with Gasteiger partial charge in [0.15, 0.2) is 0 Å². The third-order valence-corrected chi connectivity index (χ3v) is 7.51. The lowest BCUT2D eigenvalue weighted by Gasteiger charge is -2.35. The fourth-order valence-electron chi connectivity index (χ4n) is 5.22. The van der Waals surface area contributed by atoms with E-state index in [0.29, 0.717) is 26.1 Å². The first kappa shape index (κ1) is 23.7. The summed E-state index contributed by atoms with van der Waals surface area (Å²) in [5, 5.41) is 11.4. The van der Waals surface area contributed by atoms with Crippen LogP contribution < -0.4 is 4.90 Å². The molecule has 0 bridgehead atoms. The van der Waals surface area contributed by atoms with E-state index in [4.69, 9.17) is 4.98 Å². The molecule has 2 aromatic carbocycles. The lowest BCUT2D eigenvalue weighted by molar-refractivity contribution is -0.138. The first-order valence-corrected chi connectivity index (χ1v) is 12.8. The maximum atomic E-state index is 13.5. The van der Waals surface area contributed by atoms with Crippen LogP contribution in [0.15, 0.2) is 48.5 Å². The van der Waals surface area contributed by atoms with Crippen molar-refractivity contribution in [1.29, 1.82) is 0 Å². The first-order valence-electron chi connectivity index (χ1n) is 12.8. The monoisotopic (exact) mass is 475 g/mol. The molecule has 1 aromatic heterocycles. The molecule has 6 heteroatoms. The number of aromatic nitrogens is 1. The highest BCUT2D eigenvalue weighted by atomic mass is 19.1. The second-order valence-electron chi connectivity index (χ2n) is 10.1. The lowest BCUT2D eigenvalue weighted by Crippen LogP contribution is -2.41. The van der Waals surface area contributed by atoms with Gasteiger partial charge in [-0.2, -0.15) is 0 Å². The number of hydrogen-bond donors (Lipinski definition) is 1. The molecule has 5 rings (SSSR count). The highest BCUT2D eigenvalue weighted by Gasteiger charge is 2.31. The molecule has 2 aliphatic rings. The molecule has 1 saturated heterocycles. The van der Waals surface area contributed by atoms with E-state index in [0.717, 1.165) is 72.1 Å². The van der Waals surface area contributed by atoms with E-state index >= 15 is 0 Å². The number of rotatable bonds is 7. The second-order valence-corrected chi connectivity index (χ2v) is 10.1. The second kappa shape index (κ2) is 10.3. The highest BCUT2D eigenvalue weighted by molar-refractivity contribution is 5.85. The third kappa shape index (κ3) is 5.32. The minimum atomic E-state index is -0.364. The summed E-state index contributed by atoms with van der Waals surface area (Å²) in [7, 11) is 0. The van der Waals surface area contributed by atoms with Gasteiger partial charge in [-0.25, -0.2) is 9.37 Å². The van der Waals surface area contributed by atoms with Crippen LogP contribution >= 0.6 is 0 Å². The van der Waals surface area contributed by atoms with Crippen LogP contribution in [0.25, 0.3) is 10.9 Å². The number of hydrogen-bond acceptors (Lipinski definition) is 4. The number of para-hydroxylation sites is 1. The van der Waals surface area contributed by atoms with Gasteiger partial charge in [0.25, 0.3) is 0 Å². The fraction of sp³-hybridized carbons (Fsp3) is 0.448. The summed E-state index contributed by atoms with van der Waals surface area (Å²) in [6.07, 6.45) is 5.05. The average molecular weight is 476 g/mol.